The van der Waals surface area contributed by atoms with Crippen LogP contribution in [0.2, 0.25) is 10.3 Å². The summed E-state index contributed by atoms with van der Waals surface area (Å²) in [6, 6.07) is 9.65. The summed E-state index contributed by atoms with van der Waals surface area (Å²) >= 11 is 15.4. The topological polar surface area (TPSA) is 41.5 Å². The first-order chi connectivity index (χ1) is 11.6. The first-order valence-electron chi connectivity index (χ1n) is 7.66. The molecule has 2 heterocycles. The molecule has 0 bridgehead atoms. The molecule has 1 aliphatic heterocycles. The molecule has 0 N–H and O–H groups in total. The van der Waals surface area contributed by atoms with Gasteiger partial charge in [0.25, 0.3) is 0 Å². The zero-order valence-corrected chi connectivity index (χ0v) is 16.1. The smallest absolute Gasteiger partial charge is 0.175 e. The van der Waals surface area contributed by atoms with E-state index >= 15 is 0 Å². The van der Waals surface area contributed by atoms with Crippen LogP contribution < -0.4 is 9.64 Å². The van der Waals surface area contributed by atoms with Gasteiger partial charge in [0.15, 0.2) is 10.3 Å². The molecule has 1 aromatic heterocycles. The van der Waals surface area contributed by atoms with E-state index < -0.39 is 0 Å². The predicted octanol–water partition coefficient (Wildman–Crippen LogP) is 3.75. The molecule has 0 saturated carbocycles. The van der Waals surface area contributed by atoms with E-state index in [-0.39, 0.29) is 0 Å². The first kappa shape index (κ1) is 17.7. The third-order valence-electron chi connectivity index (χ3n) is 3.90. The maximum absolute atomic E-state index is 6.12. The van der Waals surface area contributed by atoms with Gasteiger partial charge in [0.05, 0.1) is 5.69 Å². The van der Waals surface area contributed by atoms with Crippen LogP contribution in [-0.4, -0.2) is 54.4 Å². The molecule has 0 amide bonds. The largest absolute Gasteiger partial charge is 0.492 e. The highest BCUT2D eigenvalue weighted by molar-refractivity contribution is 9.10. The van der Waals surface area contributed by atoms with Crippen LogP contribution in [0.1, 0.15) is 0 Å². The molecule has 2 aromatic rings. The molecule has 128 valence electrons. The molecule has 1 saturated heterocycles. The molecule has 1 fully saturated rings. The normalized spacial score (nSPS) is 15.5. The van der Waals surface area contributed by atoms with E-state index in [1.807, 2.05) is 24.3 Å². The number of rotatable bonds is 5. The summed E-state index contributed by atoms with van der Waals surface area (Å²) in [5.41, 5.74) is 0.849. The van der Waals surface area contributed by atoms with Crippen LogP contribution in [0.4, 0.5) is 5.69 Å². The SMILES string of the molecule is Clc1cc(N2CCN(CCOc3ccc(Br)cc3)CC2)c(Cl)nn1. The highest BCUT2D eigenvalue weighted by Crippen LogP contribution is 2.26. The predicted molar refractivity (Wildman–Crippen MR) is 100 cm³/mol. The second-order valence-electron chi connectivity index (χ2n) is 5.47. The average molecular weight is 432 g/mol. The van der Waals surface area contributed by atoms with E-state index in [0.717, 1.165) is 48.6 Å². The van der Waals surface area contributed by atoms with Gasteiger partial charge in [-0.2, -0.15) is 0 Å². The van der Waals surface area contributed by atoms with E-state index in [4.69, 9.17) is 27.9 Å². The van der Waals surface area contributed by atoms with Gasteiger partial charge in [-0.25, -0.2) is 0 Å². The fourth-order valence-electron chi connectivity index (χ4n) is 2.60. The Hall–Kier alpha value is -1.08. The van der Waals surface area contributed by atoms with Gasteiger partial charge in [0.1, 0.15) is 12.4 Å². The molecule has 0 radical (unpaired) electrons. The lowest BCUT2D eigenvalue weighted by atomic mass is 10.3. The molecule has 24 heavy (non-hydrogen) atoms. The number of piperazine rings is 1. The molecule has 0 unspecified atom stereocenters. The molecule has 5 nitrogen and oxygen atoms in total. The van der Waals surface area contributed by atoms with Gasteiger partial charge in [-0.15, -0.1) is 10.2 Å². The molecule has 1 aliphatic rings. The summed E-state index contributed by atoms with van der Waals surface area (Å²) in [6.45, 7) is 5.21. The van der Waals surface area contributed by atoms with Crippen LogP contribution in [0, 0.1) is 0 Å². The Bertz CT molecular complexity index is 678. The molecule has 0 atom stereocenters. The van der Waals surface area contributed by atoms with E-state index in [1.54, 1.807) is 6.07 Å². The fraction of sp³-hybridized carbons (Fsp3) is 0.375. The Kier molecular flexibility index (Phi) is 6.16. The van der Waals surface area contributed by atoms with Gasteiger partial charge in [0, 0.05) is 43.3 Å². The number of nitrogens with zero attached hydrogens (tertiary/aromatic N) is 4. The van der Waals surface area contributed by atoms with Crippen LogP contribution in [-0.2, 0) is 0 Å². The molecule has 0 spiro atoms. The minimum atomic E-state index is 0.361. The van der Waals surface area contributed by atoms with Gasteiger partial charge in [-0.3, -0.25) is 4.90 Å². The molecule has 8 heteroatoms. The van der Waals surface area contributed by atoms with Gasteiger partial charge >= 0.3 is 0 Å². The minimum Gasteiger partial charge on any atom is -0.492 e. The number of hydrogen-bond donors (Lipinski definition) is 0. The monoisotopic (exact) mass is 430 g/mol. The Balaban J connectivity index is 1.45. The summed E-state index contributed by atoms with van der Waals surface area (Å²) in [5, 5.41) is 8.37. The van der Waals surface area contributed by atoms with E-state index in [2.05, 4.69) is 35.9 Å². The summed E-state index contributed by atoms with van der Waals surface area (Å²) in [6.07, 6.45) is 0. The van der Waals surface area contributed by atoms with Crippen molar-refractivity contribution in [3.8, 4) is 5.75 Å². The number of aromatic nitrogens is 2. The van der Waals surface area contributed by atoms with Crippen molar-refractivity contribution in [2.75, 3.05) is 44.2 Å². The summed E-state index contributed by atoms with van der Waals surface area (Å²) in [5.74, 6) is 0.890. The maximum Gasteiger partial charge on any atom is 0.175 e. The van der Waals surface area contributed by atoms with Crippen LogP contribution in [0.25, 0.3) is 0 Å². The Morgan fingerprint density at radius 1 is 1.04 bits per heavy atom. The maximum atomic E-state index is 6.12. The molecular formula is C16H17BrCl2N4O. The number of benzene rings is 1. The molecule has 3 rings (SSSR count). The summed E-state index contributed by atoms with van der Waals surface area (Å²) < 4.78 is 6.83. The second kappa shape index (κ2) is 8.34. The van der Waals surface area contributed by atoms with Crippen molar-refractivity contribution >= 4 is 44.8 Å². The lowest BCUT2D eigenvalue weighted by Gasteiger charge is -2.36. The summed E-state index contributed by atoms with van der Waals surface area (Å²) in [4.78, 5) is 4.56. The van der Waals surface area contributed by atoms with Crippen LogP contribution in [0.5, 0.6) is 5.75 Å². The molecule has 1 aromatic carbocycles. The van der Waals surface area contributed by atoms with Crippen molar-refractivity contribution in [1.29, 1.82) is 0 Å². The third kappa shape index (κ3) is 4.72. The lowest BCUT2D eigenvalue weighted by molar-refractivity contribution is 0.200. The minimum absolute atomic E-state index is 0.361. The zero-order valence-electron chi connectivity index (χ0n) is 13.0. The van der Waals surface area contributed by atoms with E-state index in [1.165, 1.54) is 0 Å². The van der Waals surface area contributed by atoms with Crippen molar-refractivity contribution in [2.45, 2.75) is 0 Å². The van der Waals surface area contributed by atoms with Crippen molar-refractivity contribution in [3.05, 3.63) is 45.1 Å². The lowest BCUT2D eigenvalue weighted by Crippen LogP contribution is -2.47. The van der Waals surface area contributed by atoms with E-state index in [9.17, 15) is 0 Å². The van der Waals surface area contributed by atoms with Gasteiger partial charge in [0.2, 0.25) is 0 Å². The highest BCUT2D eigenvalue weighted by atomic mass is 79.9. The van der Waals surface area contributed by atoms with Crippen LogP contribution in [0.3, 0.4) is 0 Å². The van der Waals surface area contributed by atoms with Crippen molar-refractivity contribution < 1.29 is 4.74 Å². The summed E-state index contributed by atoms with van der Waals surface area (Å²) in [7, 11) is 0. The molecule has 0 aliphatic carbocycles. The van der Waals surface area contributed by atoms with E-state index in [0.29, 0.717) is 16.9 Å². The fourth-order valence-corrected chi connectivity index (χ4v) is 3.22. The second-order valence-corrected chi connectivity index (χ2v) is 7.14. The third-order valence-corrected chi connectivity index (χ3v) is 4.89. The number of hydrogen-bond acceptors (Lipinski definition) is 5. The first-order valence-corrected chi connectivity index (χ1v) is 9.21. The van der Waals surface area contributed by atoms with Crippen molar-refractivity contribution in [1.82, 2.24) is 15.1 Å². The Morgan fingerprint density at radius 2 is 1.75 bits per heavy atom. The quantitative estimate of drug-likeness (QED) is 0.721. The highest BCUT2D eigenvalue weighted by Gasteiger charge is 2.20. The average Bonchev–Trinajstić information content (AvgIpc) is 2.59. The number of anilines is 1. The van der Waals surface area contributed by atoms with Crippen molar-refractivity contribution in [2.24, 2.45) is 0 Å². The molecular weight excluding hydrogens is 415 g/mol. The Morgan fingerprint density at radius 3 is 2.46 bits per heavy atom. The number of halogens is 3. The Labute approximate surface area is 159 Å². The van der Waals surface area contributed by atoms with Gasteiger partial charge in [-0.1, -0.05) is 39.1 Å². The number of ether oxygens (including phenoxy) is 1. The van der Waals surface area contributed by atoms with Crippen LogP contribution in [0.15, 0.2) is 34.8 Å². The van der Waals surface area contributed by atoms with Gasteiger partial charge < -0.3 is 9.64 Å². The van der Waals surface area contributed by atoms with Crippen molar-refractivity contribution in [3.63, 3.8) is 0 Å². The van der Waals surface area contributed by atoms with Crippen LogP contribution >= 0.6 is 39.1 Å². The van der Waals surface area contributed by atoms with Gasteiger partial charge in [-0.05, 0) is 24.3 Å². The standard InChI is InChI=1S/C16H17BrCl2N4O/c17-12-1-3-13(4-2-12)24-10-9-22-5-7-23(8-6-22)14-11-15(18)20-21-16(14)19/h1-4,11H,5-10H2. The zero-order chi connectivity index (χ0) is 16.9.